The van der Waals surface area contributed by atoms with Gasteiger partial charge in [0.25, 0.3) is 5.56 Å². The van der Waals surface area contributed by atoms with Crippen molar-refractivity contribution in [3.63, 3.8) is 0 Å². The number of esters is 1. The minimum absolute atomic E-state index is 0.0779. The van der Waals surface area contributed by atoms with Gasteiger partial charge in [0.2, 0.25) is 0 Å². The van der Waals surface area contributed by atoms with Crippen molar-refractivity contribution in [3.8, 4) is 5.75 Å². The van der Waals surface area contributed by atoms with Crippen molar-refractivity contribution >= 4 is 22.3 Å². The van der Waals surface area contributed by atoms with E-state index in [1.165, 1.54) is 21.9 Å². The second kappa shape index (κ2) is 5.73. The average Bonchev–Trinajstić information content (AvgIpc) is 2.97. The van der Waals surface area contributed by atoms with Crippen LogP contribution in [0.1, 0.15) is 35.7 Å². The Morgan fingerprint density at radius 2 is 2.18 bits per heavy atom. The molecular formula is C16H14N2O3S. The largest absolute Gasteiger partial charge is 0.423 e. The van der Waals surface area contributed by atoms with Gasteiger partial charge in [0.1, 0.15) is 11.3 Å². The van der Waals surface area contributed by atoms with E-state index in [1.54, 1.807) is 23.7 Å². The molecule has 0 fully saturated rings. The number of hydrogen-bond acceptors (Lipinski definition) is 5. The van der Waals surface area contributed by atoms with Crippen LogP contribution in [0.4, 0.5) is 0 Å². The summed E-state index contributed by atoms with van der Waals surface area (Å²) >= 11 is 1.33. The topological polar surface area (TPSA) is 60.7 Å². The maximum absolute atomic E-state index is 12.2. The highest BCUT2D eigenvalue weighted by Crippen LogP contribution is 2.20. The fraction of sp³-hybridized carbons (Fsp3) is 0.188. The number of carbonyl (C=O) groups is 1. The molecule has 0 aliphatic rings. The zero-order valence-corrected chi connectivity index (χ0v) is 13.0. The summed E-state index contributed by atoms with van der Waals surface area (Å²) in [5.41, 5.74) is 0.565. The molecule has 2 aromatic heterocycles. The normalized spacial score (nSPS) is 11.0. The highest BCUT2D eigenvalue weighted by molar-refractivity contribution is 7.15. The molecule has 112 valence electrons. The van der Waals surface area contributed by atoms with Crippen LogP contribution >= 0.6 is 11.3 Å². The van der Waals surface area contributed by atoms with E-state index in [1.807, 2.05) is 12.1 Å². The molecule has 3 aromatic rings. The summed E-state index contributed by atoms with van der Waals surface area (Å²) in [7, 11) is 0. The lowest BCUT2D eigenvalue weighted by molar-refractivity contribution is 0.0732. The molecule has 0 radical (unpaired) electrons. The Bertz CT molecular complexity index is 896. The zero-order chi connectivity index (χ0) is 15.7. The van der Waals surface area contributed by atoms with Gasteiger partial charge in [-0.25, -0.2) is 9.78 Å². The molecule has 0 saturated carbocycles. The highest BCUT2D eigenvalue weighted by Gasteiger charge is 2.16. The van der Waals surface area contributed by atoms with E-state index in [-0.39, 0.29) is 5.56 Å². The number of nitrogens with zero attached hydrogens (tertiary/aromatic N) is 2. The summed E-state index contributed by atoms with van der Waals surface area (Å²) in [5, 5.41) is 1.74. The molecule has 0 unspecified atom stereocenters. The van der Waals surface area contributed by atoms with Gasteiger partial charge in [0.05, 0.1) is 6.20 Å². The van der Waals surface area contributed by atoms with Gasteiger partial charge < -0.3 is 4.74 Å². The van der Waals surface area contributed by atoms with Gasteiger partial charge in [0, 0.05) is 11.6 Å². The highest BCUT2D eigenvalue weighted by atomic mass is 32.1. The first kappa shape index (κ1) is 14.5. The molecule has 0 aliphatic carbocycles. The third kappa shape index (κ3) is 2.65. The molecule has 0 amide bonds. The van der Waals surface area contributed by atoms with Crippen LogP contribution in [0.25, 0.3) is 4.96 Å². The summed E-state index contributed by atoms with van der Waals surface area (Å²) in [4.78, 5) is 29.1. The Kier molecular flexibility index (Phi) is 3.77. The van der Waals surface area contributed by atoms with Gasteiger partial charge in [-0.2, -0.15) is 0 Å². The van der Waals surface area contributed by atoms with Crippen LogP contribution in [-0.4, -0.2) is 15.4 Å². The van der Waals surface area contributed by atoms with Crippen LogP contribution in [0, 0.1) is 0 Å². The number of carbonyl (C=O) groups excluding carboxylic acids is 1. The molecule has 0 aliphatic heterocycles. The van der Waals surface area contributed by atoms with E-state index in [9.17, 15) is 9.59 Å². The van der Waals surface area contributed by atoms with Crippen LogP contribution in [0.2, 0.25) is 0 Å². The minimum atomic E-state index is -0.695. The van der Waals surface area contributed by atoms with Crippen molar-refractivity contribution in [2.45, 2.75) is 19.8 Å². The van der Waals surface area contributed by atoms with Crippen molar-refractivity contribution < 1.29 is 9.53 Å². The molecule has 0 spiro atoms. The summed E-state index contributed by atoms with van der Waals surface area (Å²) in [6.45, 7) is 4.11. The predicted octanol–water partition coefficient (Wildman–Crippen LogP) is 3.10. The van der Waals surface area contributed by atoms with E-state index in [4.69, 9.17) is 4.74 Å². The van der Waals surface area contributed by atoms with E-state index in [0.717, 1.165) is 5.56 Å². The first-order valence-electron chi connectivity index (χ1n) is 6.83. The molecule has 2 heterocycles. The maximum atomic E-state index is 12.2. The van der Waals surface area contributed by atoms with Crippen molar-refractivity contribution in [2.75, 3.05) is 0 Å². The molecule has 0 bridgehead atoms. The lowest BCUT2D eigenvalue weighted by Gasteiger charge is -2.08. The van der Waals surface area contributed by atoms with Gasteiger partial charge >= 0.3 is 5.97 Å². The standard InChI is InChI=1S/C16H14N2O3S/c1-10(2)11-4-3-5-12(8-11)21-15(20)13-9-17-16-18(14(13)19)6-7-22-16/h3-10H,1-2H3. The second-order valence-corrected chi connectivity index (χ2v) is 6.02. The molecule has 5 nitrogen and oxygen atoms in total. The first-order valence-corrected chi connectivity index (χ1v) is 7.71. The Morgan fingerprint density at radius 1 is 1.36 bits per heavy atom. The Hall–Kier alpha value is -2.47. The first-order chi connectivity index (χ1) is 10.6. The molecule has 0 atom stereocenters. The van der Waals surface area contributed by atoms with Gasteiger partial charge in [-0.1, -0.05) is 26.0 Å². The van der Waals surface area contributed by atoms with E-state index < -0.39 is 11.5 Å². The van der Waals surface area contributed by atoms with Gasteiger partial charge in [-0.05, 0) is 23.6 Å². The van der Waals surface area contributed by atoms with Crippen molar-refractivity contribution in [1.82, 2.24) is 9.38 Å². The van der Waals surface area contributed by atoms with Crippen molar-refractivity contribution in [2.24, 2.45) is 0 Å². The number of hydrogen-bond donors (Lipinski definition) is 0. The molecule has 22 heavy (non-hydrogen) atoms. The van der Waals surface area contributed by atoms with Crippen LogP contribution in [0.5, 0.6) is 5.75 Å². The van der Waals surface area contributed by atoms with Crippen LogP contribution in [-0.2, 0) is 0 Å². The van der Waals surface area contributed by atoms with Crippen LogP contribution < -0.4 is 10.3 Å². The van der Waals surface area contributed by atoms with Gasteiger partial charge in [-0.3, -0.25) is 9.20 Å². The fourth-order valence-corrected chi connectivity index (χ4v) is 2.74. The fourth-order valence-electron chi connectivity index (χ4n) is 2.06. The third-order valence-corrected chi connectivity index (χ3v) is 4.07. The second-order valence-electron chi connectivity index (χ2n) is 5.15. The monoisotopic (exact) mass is 314 g/mol. The lowest BCUT2D eigenvalue weighted by Crippen LogP contribution is -2.24. The maximum Gasteiger partial charge on any atom is 0.350 e. The number of fused-ring (bicyclic) bond motifs is 1. The lowest BCUT2D eigenvalue weighted by atomic mass is 10.0. The molecule has 1 aromatic carbocycles. The SMILES string of the molecule is CC(C)c1cccc(OC(=O)c2cnc3sccn3c2=O)c1. The van der Waals surface area contributed by atoms with Gasteiger partial charge in [-0.15, -0.1) is 11.3 Å². The Balaban J connectivity index is 1.92. The van der Waals surface area contributed by atoms with Gasteiger partial charge in [0.15, 0.2) is 4.96 Å². The molecule has 6 heteroatoms. The Labute approximate surface area is 130 Å². The Morgan fingerprint density at radius 3 is 2.95 bits per heavy atom. The summed E-state index contributed by atoms with van der Waals surface area (Å²) in [6, 6.07) is 7.29. The number of ether oxygens (including phenoxy) is 1. The molecular weight excluding hydrogens is 300 g/mol. The number of thiazole rings is 1. The number of aromatic nitrogens is 2. The van der Waals surface area contributed by atoms with Crippen LogP contribution in [0.15, 0.2) is 46.8 Å². The molecule has 0 N–H and O–H groups in total. The molecule has 0 saturated heterocycles. The van der Waals surface area contributed by atoms with E-state index >= 15 is 0 Å². The van der Waals surface area contributed by atoms with E-state index in [0.29, 0.717) is 16.6 Å². The van der Waals surface area contributed by atoms with E-state index in [2.05, 4.69) is 18.8 Å². The summed E-state index contributed by atoms with van der Waals surface area (Å²) in [5.74, 6) is 0.0538. The number of benzene rings is 1. The van der Waals surface area contributed by atoms with Crippen molar-refractivity contribution in [1.29, 1.82) is 0 Å². The molecule has 3 rings (SSSR count). The summed E-state index contributed by atoms with van der Waals surface area (Å²) < 4.78 is 6.65. The minimum Gasteiger partial charge on any atom is -0.423 e. The summed E-state index contributed by atoms with van der Waals surface area (Å²) in [6.07, 6.45) is 2.86. The quantitative estimate of drug-likeness (QED) is 0.550. The van der Waals surface area contributed by atoms with Crippen molar-refractivity contribution in [3.05, 3.63) is 63.5 Å². The zero-order valence-electron chi connectivity index (χ0n) is 12.1. The predicted molar refractivity (Wildman–Crippen MR) is 84.8 cm³/mol. The average molecular weight is 314 g/mol. The number of rotatable bonds is 3. The third-order valence-electron chi connectivity index (χ3n) is 3.30. The van der Waals surface area contributed by atoms with Crippen LogP contribution in [0.3, 0.4) is 0 Å². The smallest absolute Gasteiger partial charge is 0.350 e.